The Bertz CT molecular complexity index is 472. The second kappa shape index (κ2) is 2.83. The van der Waals surface area contributed by atoms with E-state index in [4.69, 9.17) is 9.47 Å². The molecule has 0 aliphatic carbocycles. The van der Waals surface area contributed by atoms with Gasteiger partial charge in [0.2, 0.25) is 0 Å². The van der Waals surface area contributed by atoms with E-state index in [9.17, 15) is 4.39 Å². The minimum Gasteiger partial charge on any atom is -0.496 e. The molecule has 0 spiro atoms. The lowest BCUT2D eigenvalue weighted by atomic mass is 9.95. The van der Waals surface area contributed by atoms with Gasteiger partial charge in [0.25, 0.3) is 0 Å². The number of hydrogen-bond donors (Lipinski definition) is 0. The molecule has 1 aromatic rings. The number of hydrogen-bond acceptors (Lipinski definition) is 2. The van der Waals surface area contributed by atoms with Crippen LogP contribution in [0.3, 0.4) is 0 Å². The Hall–Kier alpha value is -0.870. The van der Waals surface area contributed by atoms with Crippen LogP contribution < -0.4 is 4.74 Å². The number of ether oxygens (including phenoxy) is 2. The fraction of sp³-hybridized carbons (Fsp3) is 0.273. The van der Waals surface area contributed by atoms with Crippen LogP contribution in [0.1, 0.15) is 17.2 Å². The Morgan fingerprint density at radius 3 is 3.07 bits per heavy atom. The maximum absolute atomic E-state index is 13.6. The van der Waals surface area contributed by atoms with Crippen molar-refractivity contribution < 1.29 is 13.9 Å². The summed E-state index contributed by atoms with van der Waals surface area (Å²) >= 11 is 3.46. The molecule has 2 heterocycles. The van der Waals surface area contributed by atoms with Crippen LogP contribution in [0.4, 0.5) is 4.39 Å². The molecule has 2 aliphatic rings. The zero-order valence-electron chi connectivity index (χ0n) is 7.96. The van der Waals surface area contributed by atoms with Gasteiger partial charge in [-0.3, -0.25) is 0 Å². The Balaban J connectivity index is 2.32. The van der Waals surface area contributed by atoms with Crippen molar-refractivity contribution in [1.29, 1.82) is 0 Å². The molecule has 0 saturated heterocycles. The molecular formula is C11H8BrFO2. The Morgan fingerprint density at radius 2 is 2.33 bits per heavy atom. The van der Waals surface area contributed by atoms with Gasteiger partial charge in [-0.1, -0.05) is 6.08 Å². The first-order valence-electron chi connectivity index (χ1n) is 4.58. The van der Waals surface area contributed by atoms with E-state index in [-0.39, 0.29) is 11.9 Å². The molecule has 0 saturated carbocycles. The summed E-state index contributed by atoms with van der Waals surface area (Å²) in [4.78, 5) is 0. The van der Waals surface area contributed by atoms with E-state index in [1.807, 2.05) is 12.2 Å². The minimum absolute atomic E-state index is 0.249. The number of alkyl halides is 1. The van der Waals surface area contributed by atoms with E-state index < -0.39 is 4.51 Å². The molecule has 15 heavy (non-hydrogen) atoms. The molecule has 0 fully saturated rings. The molecule has 78 valence electrons. The van der Waals surface area contributed by atoms with E-state index in [1.54, 1.807) is 13.2 Å². The third-order valence-electron chi connectivity index (χ3n) is 2.78. The van der Waals surface area contributed by atoms with Gasteiger partial charge < -0.3 is 9.47 Å². The molecule has 4 heteroatoms. The molecule has 2 bridgehead atoms. The second-order valence-electron chi connectivity index (χ2n) is 3.58. The summed E-state index contributed by atoms with van der Waals surface area (Å²) in [6.45, 7) is 0. The summed E-state index contributed by atoms with van der Waals surface area (Å²) in [5.41, 5.74) is 1.33. The first-order chi connectivity index (χ1) is 7.15. The van der Waals surface area contributed by atoms with Crippen LogP contribution in [-0.2, 0) is 9.25 Å². The van der Waals surface area contributed by atoms with Crippen LogP contribution >= 0.6 is 15.9 Å². The molecule has 0 aromatic heterocycles. The van der Waals surface area contributed by atoms with Crippen LogP contribution in [0.2, 0.25) is 0 Å². The molecular weight excluding hydrogens is 263 g/mol. The summed E-state index contributed by atoms with van der Waals surface area (Å²) in [7, 11) is 1.57. The van der Waals surface area contributed by atoms with Crippen molar-refractivity contribution in [3.8, 4) is 5.75 Å². The van der Waals surface area contributed by atoms with Crippen molar-refractivity contribution in [3.63, 3.8) is 0 Å². The number of methoxy groups -OCH3 is 1. The normalized spacial score (nSPS) is 30.7. The minimum atomic E-state index is -0.708. The van der Waals surface area contributed by atoms with Gasteiger partial charge in [0, 0.05) is 11.1 Å². The van der Waals surface area contributed by atoms with Crippen molar-refractivity contribution in [2.24, 2.45) is 0 Å². The molecule has 0 N–H and O–H groups in total. The molecule has 0 radical (unpaired) electrons. The van der Waals surface area contributed by atoms with E-state index in [0.717, 1.165) is 5.56 Å². The van der Waals surface area contributed by atoms with Crippen molar-refractivity contribution >= 4 is 15.9 Å². The predicted molar refractivity (Wildman–Crippen MR) is 56.5 cm³/mol. The number of halogens is 2. The zero-order chi connectivity index (χ0) is 10.6. The van der Waals surface area contributed by atoms with Gasteiger partial charge in [-0.25, -0.2) is 4.39 Å². The van der Waals surface area contributed by atoms with Gasteiger partial charge in [0.1, 0.15) is 17.7 Å². The summed E-state index contributed by atoms with van der Waals surface area (Å²) in [5.74, 6) is 0.400. The molecule has 2 aliphatic heterocycles. The Kier molecular flexibility index (Phi) is 1.77. The predicted octanol–water partition coefficient (Wildman–Crippen LogP) is 3.02. The molecule has 3 rings (SSSR count). The standard InChI is InChI=1S/C11H8BrFO2/c1-14-8-3-2-6(13)9-7-4-5-11(12,15-7)10(8)9/h2-5,7H,1H3. The monoisotopic (exact) mass is 270 g/mol. The molecule has 1 aromatic carbocycles. The largest absolute Gasteiger partial charge is 0.496 e. The van der Waals surface area contributed by atoms with Crippen molar-refractivity contribution in [1.82, 2.24) is 0 Å². The van der Waals surface area contributed by atoms with E-state index in [1.165, 1.54) is 6.07 Å². The lowest BCUT2D eigenvalue weighted by Gasteiger charge is -2.18. The highest BCUT2D eigenvalue weighted by Crippen LogP contribution is 2.57. The smallest absolute Gasteiger partial charge is 0.172 e. The summed E-state index contributed by atoms with van der Waals surface area (Å²) in [5, 5.41) is 0. The fourth-order valence-corrected chi connectivity index (χ4v) is 2.91. The Morgan fingerprint density at radius 1 is 1.53 bits per heavy atom. The average molecular weight is 271 g/mol. The zero-order valence-corrected chi connectivity index (χ0v) is 9.55. The van der Waals surface area contributed by atoms with Crippen molar-refractivity contribution in [3.05, 3.63) is 41.2 Å². The van der Waals surface area contributed by atoms with Gasteiger partial charge in [-0.05, 0) is 34.1 Å². The maximum Gasteiger partial charge on any atom is 0.172 e. The lowest BCUT2D eigenvalue weighted by molar-refractivity contribution is 0.0662. The van der Waals surface area contributed by atoms with Gasteiger partial charge in [-0.15, -0.1) is 0 Å². The molecule has 0 amide bonds. The quantitative estimate of drug-likeness (QED) is 0.577. The van der Waals surface area contributed by atoms with Crippen LogP contribution in [0.25, 0.3) is 0 Å². The highest BCUT2D eigenvalue weighted by atomic mass is 79.9. The third-order valence-corrected chi connectivity index (χ3v) is 3.63. The van der Waals surface area contributed by atoms with E-state index in [0.29, 0.717) is 11.3 Å². The summed E-state index contributed by atoms with van der Waals surface area (Å²) < 4.78 is 23.8. The number of benzene rings is 1. The van der Waals surface area contributed by atoms with Crippen LogP contribution in [0.5, 0.6) is 5.75 Å². The number of fused-ring (bicyclic) bond motifs is 5. The fourth-order valence-electron chi connectivity index (χ4n) is 2.15. The lowest BCUT2D eigenvalue weighted by Crippen LogP contribution is -2.12. The van der Waals surface area contributed by atoms with Crippen molar-refractivity contribution in [2.75, 3.05) is 7.11 Å². The topological polar surface area (TPSA) is 18.5 Å². The summed E-state index contributed by atoms with van der Waals surface area (Å²) in [6, 6.07) is 3.03. The SMILES string of the molecule is COc1ccc(F)c2c1C1(Br)C=CC2O1. The van der Waals surface area contributed by atoms with E-state index >= 15 is 0 Å². The third kappa shape index (κ3) is 1.06. The van der Waals surface area contributed by atoms with Crippen molar-refractivity contribution in [2.45, 2.75) is 10.6 Å². The van der Waals surface area contributed by atoms with Gasteiger partial charge in [0.15, 0.2) is 4.51 Å². The number of rotatable bonds is 1. The van der Waals surface area contributed by atoms with E-state index in [2.05, 4.69) is 15.9 Å². The highest BCUT2D eigenvalue weighted by Gasteiger charge is 2.48. The first kappa shape index (κ1) is 9.36. The van der Waals surface area contributed by atoms with Gasteiger partial charge in [0.05, 0.1) is 7.11 Å². The Labute approximate surface area is 94.8 Å². The van der Waals surface area contributed by atoms with Gasteiger partial charge >= 0.3 is 0 Å². The first-order valence-corrected chi connectivity index (χ1v) is 5.38. The summed E-state index contributed by atoms with van der Waals surface area (Å²) in [6.07, 6.45) is 3.43. The second-order valence-corrected chi connectivity index (χ2v) is 4.76. The highest BCUT2D eigenvalue weighted by molar-refractivity contribution is 9.09. The van der Waals surface area contributed by atoms with Crippen LogP contribution in [0, 0.1) is 5.82 Å². The average Bonchev–Trinajstić information content (AvgIpc) is 2.73. The van der Waals surface area contributed by atoms with Crippen LogP contribution in [-0.4, -0.2) is 7.11 Å². The maximum atomic E-state index is 13.6. The molecule has 2 nitrogen and oxygen atoms in total. The molecule has 2 atom stereocenters. The van der Waals surface area contributed by atoms with Crippen LogP contribution in [0.15, 0.2) is 24.3 Å². The van der Waals surface area contributed by atoms with Gasteiger partial charge in [-0.2, -0.15) is 0 Å². The molecule has 2 unspecified atom stereocenters.